The third-order valence-corrected chi connectivity index (χ3v) is 6.68. The Hall–Kier alpha value is -2.41. The number of rotatable bonds is 5. The maximum Gasteiger partial charge on any atom is 0.340 e. The first kappa shape index (κ1) is 18.9. The number of esters is 1. The van der Waals surface area contributed by atoms with Gasteiger partial charge in [0.05, 0.1) is 14.2 Å². The number of methoxy groups -OCH3 is 2. The molecule has 0 fully saturated rings. The summed E-state index contributed by atoms with van der Waals surface area (Å²) in [5, 5.41) is 3.61. The highest BCUT2D eigenvalue weighted by molar-refractivity contribution is 8.17. The van der Waals surface area contributed by atoms with Crippen molar-refractivity contribution < 1.29 is 27.5 Å². The lowest BCUT2D eigenvalue weighted by Crippen LogP contribution is -2.51. The van der Waals surface area contributed by atoms with Gasteiger partial charge >= 0.3 is 18.0 Å². The Bertz CT molecular complexity index is 817. The molecule has 0 spiro atoms. The van der Waals surface area contributed by atoms with Crippen molar-refractivity contribution in [2.45, 2.75) is 17.4 Å². The van der Waals surface area contributed by atoms with E-state index >= 15 is 0 Å². The molecule has 11 nitrogen and oxygen atoms in total. The van der Waals surface area contributed by atoms with Crippen LogP contribution in [-0.4, -0.2) is 53.7 Å². The van der Waals surface area contributed by atoms with Crippen LogP contribution >= 0.6 is 11.8 Å². The molecule has 13 heteroatoms. The molecule has 1 aromatic heterocycles. The summed E-state index contributed by atoms with van der Waals surface area (Å²) in [5.74, 6) is -0.937. The molecule has 1 aliphatic heterocycles. The number of nitrogens with one attached hydrogen (secondary N) is 2. The number of nitrogens with zero attached hydrogens (tertiary/aromatic N) is 3. The number of anilines is 1. The predicted molar refractivity (Wildman–Crippen MR) is 88.3 cm³/mol. The van der Waals surface area contributed by atoms with Gasteiger partial charge in [0.1, 0.15) is 5.82 Å². The number of urea groups is 1. The molecule has 25 heavy (non-hydrogen) atoms. The van der Waals surface area contributed by atoms with Crippen molar-refractivity contribution in [3.8, 4) is 6.01 Å². The molecule has 136 valence electrons. The van der Waals surface area contributed by atoms with Gasteiger partial charge in [0.15, 0.2) is 0 Å². The Morgan fingerprint density at radius 2 is 2.00 bits per heavy atom. The molecule has 1 atom stereocenters. The van der Waals surface area contributed by atoms with Crippen LogP contribution in [0.4, 0.5) is 10.7 Å². The minimum atomic E-state index is -4.42. The SMILES string of the molecule is COC(=O)C1(S(=O)(=O)NC(=O)Nc2nc(C)nc(OC)n2)CC=CS1. The lowest BCUT2D eigenvalue weighted by molar-refractivity contribution is -0.141. The largest absolute Gasteiger partial charge is 0.467 e. The summed E-state index contributed by atoms with van der Waals surface area (Å²) in [7, 11) is -2.02. The monoisotopic (exact) mass is 389 g/mol. The van der Waals surface area contributed by atoms with Crippen molar-refractivity contribution >= 4 is 39.7 Å². The summed E-state index contributed by atoms with van der Waals surface area (Å²) < 4.78 is 34.3. The predicted octanol–water partition coefficient (Wildman–Crippen LogP) is 0.160. The van der Waals surface area contributed by atoms with E-state index in [1.807, 2.05) is 0 Å². The van der Waals surface area contributed by atoms with Gasteiger partial charge in [0.2, 0.25) is 10.0 Å². The van der Waals surface area contributed by atoms with E-state index in [0.717, 1.165) is 18.9 Å². The van der Waals surface area contributed by atoms with Gasteiger partial charge < -0.3 is 9.47 Å². The molecule has 0 aliphatic carbocycles. The number of ether oxygens (including phenoxy) is 2. The van der Waals surface area contributed by atoms with E-state index in [4.69, 9.17) is 4.74 Å². The standard InChI is InChI=1S/C12H15N5O6S2/c1-7-13-9(16-11(14-7)23-3)15-10(19)17-25(20,21)12(8(18)22-2)5-4-6-24-12/h4,6H,5H2,1-3H3,(H2,13,14,15,16,17,19). The highest BCUT2D eigenvalue weighted by atomic mass is 32.3. The number of amides is 2. The lowest BCUT2D eigenvalue weighted by Gasteiger charge is -2.24. The number of carbonyl (C=O) groups excluding carboxylic acids is 2. The number of allylic oxidation sites excluding steroid dienone is 1. The zero-order valence-electron chi connectivity index (χ0n) is 13.5. The second kappa shape index (κ2) is 7.23. The molecule has 0 bridgehead atoms. The van der Waals surface area contributed by atoms with E-state index in [-0.39, 0.29) is 24.2 Å². The Morgan fingerprint density at radius 3 is 2.56 bits per heavy atom. The van der Waals surface area contributed by atoms with Crippen LogP contribution in [-0.2, 0) is 19.6 Å². The molecule has 0 aromatic carbocycles. The molecule has 2 heterocycles. The zero-order valence-corrected chi connectivity index (χ0v) is 15.1. The Kier molecular flexibility index (Phi) is 5.47. The van der Waals surface area contributed by atoms with E-state index in [9.17, 15) is 18.0 Å². The normalized spacial score (nSPS) is 19.3. The average Bonchev–Trinajstić information content (AvgIpc) is 3.04. The molecular weight excluding hydrogens is 374 g/mol. The van der Waals surface area contributed by atoms with Crippen LogP contribution in [0.25, 0.3) is 0 Å². The first-order valence-corrected chi connectivity index (χ1v) is 9.11. The van der Waals surface area contributed by atoms with E-state index in [0.29, 0.717) is 0 Å². The molecule has 0 saturated carbocycles. The Labute approximate surface area is 147 Å². The van der Waals surface area contributed by atoms with Crippen molar-refractivity contribution in [3.63, 3.8) is 0 Å². The number of aryl methyl sites for hydroxylation is 1. The van der Waals surface area contributed by atoms with Crippen LogP contribution in [0.5, 0.6) is 6.01 Å². The molecular formula is C12H15N5O6S2. The van der Waals surface area contributed by atoms with Crippen molar-refractivity contribution in [1.82, 2.24) is 19.7 Å². The molecule has 2 amide bonds. The molecule has 1 unspecified atom stereocenters. The van der Waals surface area contributed by atoms with Gasteiger partial charge in [0, 0.05) is 6.42 Å². The molecule has 2 rings (SSSR count). The van der Waals surface area contributed by atoms with Crippen molar-refractivity contribution in [3.05, 3.63) is 17.3 Å². The fourth-order valence-electron chi connectivity index (χ4n) is 1.92. The maximum atomic E-state index is 12.5. The fourth-order valence-corrected chi connectivity index (χ4v) is 4.58. The summed E-state index contributed by atoms with van der Waals surface area (Å²) in [5.41, 5.74) is 0. The summed E-state index contributed by atoms with van der Waals surface area (Å²) in [4.78, 5) is 35.4. The van der Waals surface area contributed by atoms with Crippen molar-refractivity contribution in [2.24, 2.45) is 0 Å². The second-order valence-electron chi connectivity index (χ2n) is 4.69. The molecule has 2 N–H and O–H groups in total. The van der Waals surface area contributed by atoms with Gasteiger partial charge in [-0.25, -0.2) is 22.7 Å². The number of hydrogen-bond acceptors (Lipinski definition) is 10. The van der Waals surface area contributed by atoms with E-state index < -0.39 is 26.1 Å². The highest BCUT2D eigenvalue weighted by Crippen LogP contribution is 2.41. The van der Waals surface area contributed by atoms with Gasteiger partial charge in [-0.15, -0.1) is 0 Å². The average molecular weight is 389 g/mol. The van der Waals surface area contributed by atoms with E-state index in [1.165, 1.54) is 25.5 Å². The zero-order chi connectivity index (χ0) is 18.7. The minimum Gasteiger partial charge on any atom is -0.467 e. The molecule has 1 aliphatic rings. The minimum absolute atomic E-state index is 0.0489. The van der Waals surface area contributed by atoms with Crippen molar-refractivity contribution in [2.75, 3.05) is 19.5 Å². The second-order valence-corrected chi connectivity index (χ2v) is 8.06. The fraction of sp³-hybridized carbons (Fsp3) is 0.417. The van der Waals surface area contributed by atoms with Gasteiger partial charge in [-0.1, -0.05) is 17.8 Å². The summed E-state index contributed by atoms with van der Waals surface area (Å²) in [6.45, 7) is 1.54. The summed E-state index contributed by atoms with van der Waals surface area (Å²) in [6, 6.07) is -1.18. The number of aromatic nitrogens is 3. The smallest absolute Gasteiger partial charge is 0.340 e. The van der Waals surface area contributed by atoms with Crippen LogP contribution in [0.3, 0.4) is 0 Å². The molecule has 0 radical (unpaired) electrons. The molecule has 0 saturated heterocycles. The molecule has 1 aromatic rings. The first-order valence-electron chi connectivity index (χ1n) is 6.75. The number of sulfonamides is 1. The topological polar surface area (TPSA) is 149 Å². The number of thioether (sulfide) groups is 1. The number of hydrogen-bond donors (Lipinski definition) is 2. The lowest BCUT2D eigenvalue weighted by atomic mass is 10.3. The van der Waals surface area contributed by atoms with Gasteiger partial charge in [0.25, 0.3) is 10.0 Å². The van der Waals surface area contributed by atoms with E-state index in [2.05, 4.69) is 25.0 Å². The van der Waals surface area contributed by atoms with Crippen LogP contribution < -0.4 is 14.8 Å². The highest BCUT2D eigenvalue weighted by Gasteiger charge is 2.54. The Balaban J connectivity index is 2.19. The van der Waals surface area contributed by atoms with Crippen LogP contribution in [0, 0.1) is 6.92 Å². The first-order chi connectivity index (χ1) is 11.7. The van der Waals surface area contributed by atoms with Crippen LogP contribution in [0.1, 0.15) is 12.2 Å². The van der Waals surface area contributed by atoms with E-state index in [1.54, 1.807) is 4.72 Å². The van der Waals surface area contributed by atoms with Gasteiger partial charge in [-0.3, -0.25) is 5.32 Å². The summed E-state index contributed by atoms with van der Waals surface area (Å²) in [6.07, 6.45) is 1.37. The maximum absolute atomic E-state index is 12.5. The van der Waals surface area contributed by atoms with Gasteiger partial charge in [-0.05, 0) is 12.3 Å². The summed E-state index contributed by atoms with van der Waals surface area (Å²) >= 11 is 0.739. The van der Waals surface area contributed by atoms with Crippen LogP contribution in [0.15, 0.2) is 11.5 Å². The van der Waals surface area contributed by atoms with Gasteiger partial charge in [-0.2, -0.15) is 15.0 Å². The Morgan fingerprint density at radius 1 is 1.28 bits per heavy atom. The van der Waals surface area contributed by atoms with Crippen LogP contribution in [0.2, 0.25) is 0 Å². The third kappa shape index (κ3) is 3.82. The number of carbonyl (C=O) groups is 2. The third-order valence-electron chi connectivity index (χ3n) is 3.03. The van der Waals surface area contributed by atoms with Crippen molar-refractivity contribution in [1.29, 1.82) is 0 Å². The quantitative estimate of drug-likeness (QED) is 0.667.